The predicted molar refractivity (Wildman–Crippen MR) is 69.5 cm³/mol. The van der Waals surface area contributed by atoms with Crippen LogP contribution in [0.4, 0.5) is 0 Å². The fourth-order valence-corrected chi connectivity index (χ4v) is 2.58. The van der Waals surface area contributed by atoms with Gasteiger partial charge in [0.1, 0.15) is 0 Å². The highest BCUT2D eigenvalue weighted by molar-refractivity contribution is 7.16. The van der Waals surface area contributed by atoms with Gasteiger partial charge in [-0.3, -0.25) is 4.79 Å². The number of aromatic nitrogens is 1. The van der Waals surface area contributed by atoms with E-state index >= 15 is 0 Å². The molecule has 0 unspecified atom stereocenters. The summed E-state index contributed by atoms with van der Waals surface area (Å²) in [5.41, 5.74) is 1.03. The second-order valence-electron chi connectivity index (χ2n) is 3.50. The van der Waals surface area contributed by atoms with Crippen LogP contribution in [0.5, 0.6) is 0 Å². The van der Waals surface area contributed by atoms with E-state index in [1.807, 2.05) is 28.8 Å². The first-order valence-corrected chi connectivity index (χ1v) is 6.17. The number of rotatable bonds is 2. The minimum Gasteiger partial charge on any atom is -0.305 e. The molecule has 0 saturated carbocycles. The lowest BCUT2D eigenvalue weighted by Gasteiger charge is -1.98. The number of terminal acetylenes is 1. The van der Waals surface area contributed by atoms with Gasteiger partial charge in [0, 0.05) is 6.42 Å². The van der Waals surface area contributed by atoms with Crippen LogP contribution in [0, 0.1) is 12.3 Å². The van der Waals surface area contributed by atoms with Crippen LogP contribution in [-0.2, 0) is 11.3 Å². The van der Waals surface area contributed by atoms with Crippen molar-refractivity contribution in [1.82, 2.24) is 4.57 Å². The number of carbonyl (C=O) groups excluding carboxylic acids is 1. The number of hydrogen-bond acceptors (Lipinski definition) is 2. The van der Waals surface area contributed by atoms with Gasteiger partial charge in [-0.05, 0) is 12.1 Å². The van der Waals surface area contributed by atoms with Crippen LogP contribution >= 0.6 is 11.3 Å². The van der Waals surface area contributed by atoms with E-state index in [0.29, 0.717) is 17.8 Å². The second kappa shape index (κ2) is 4.98. The molecule has 0 aliphatic heterocycles. The highest BCUT2D eigenvalue weighted by Gasteiger charge is 2.05. The molecule has 0 N–H and O–H groups in total. The summed E-state index contributed by atoms with van der Waals surface area (Å²) in [4.78, 5) is 16.1. The topological polar surface area (TPSA) is 34.4 Å². The summed E-state index contributed by atoms with van der Waals surface area (Å²) < 4.78 is 2.98. The van der Waals surface area contributed by atoms with Gasteiger partial charge in [0.15, 0.2) is 4.80 Å². The quantitative estimate of drug-likeness (QED) is 0.745. The summed E-state index contributed by atoms with van der Waals surface area (Å²) >= 11 is 1.49. The van der Waals surface area contributed by atoms with Crippen molar-refractivity contribution in [3.05, 3.63) is 29.1 Å². The van der Waals surface area contributed by atoms with E-state index in [1.54, 1.807) is 6.92 Å². The van der Waals surface area contributed by atoms with Gasteiger partial charge in [0.25, 0.3) is 0 Å². The number of amides is 1. The molecule has 0 atom stereocenters. The Hall–Kier alpha value is -1.86. The molecule has 2 aromatic rings. The SMILES string of the molecule is C#CCn1c(=NC(=O)CC)sc2ccccc21. The van der Waals surface area contributed by atoms with Crippen LogP contribution in [0.2, 0.25) is 0 Å². The molecule has 86 valence electrons. The molecule has 1 amide bonds. The van der Waals surface area contributed by atoms with Crippen LogP contribution in [0.25, 0.3) is 10.2 Å². The summed E-state index contributed by atoms with van der Waals surface area (Å²) in [6, 6.07) is 7.90. The Bertz CT molecular complexity index is 658. The smallest absolute Gasteiger partial charge is 0.248 e. The Kier molecular flexibility index (Phi) is 3.40. The molecule has 0 saturated heterocycles. The molecule has 0 bridgehead atoms. The lowest BCUT2D eigenvalue weighted by atomic mass is 10.3. The molecular weight excluding hydrogens is 232 g/mol. The normalized spacial score (nSPS) is 11.6. The van der Waals surface area contributed by atoms with Gasteiger partial charge in [0.05, 0.1) is 16.8 Å². The number of carbonyl (C=O) groups is 1. The van der Waals surface area contributed by atoms with E-state index in [9.17, 15) is 4.79 Å². The maximum absolute atomic E-state index is 11.4. The van der Waals surface area contributed by atoms with Crippen molar-refractivity contribution in [3.8, 4) is 12.3 Å². The zero-order valence-corrected chi connectivity index (χ0v) is 10.3. The van der Waals surface area contributed by atoms with Crippen molar-refractivity contribution >= 4 is 27.5 Å². The second-order valence-corrected chi connectivity index (χ2v) is 4.51. The standard InChI is InChI=1S/C13H12N2OS/c1-3-9-15-10-7-5-6-8-11(10)17-13(15)14-12(16)4-2/h1,5-8H,4,9H2,2H3. The van der Waals surface area contributed by atoms with E-state index in [1.165, 1.54) is 11.3 Å². The number of thiazole rings is 1. The van der Waals surface area contributed by atoms with Crippen LogP contribution < -0.4 is 4.80 Å². The highest BCUT2D eigenvalue weighted by Crippen LogP contribution is 2.16. The molecule has 4 heteroatoms. The molecule has 1 aromatic heterocycles. The zero-order chi connectivity index (χ0) is 12.3. The van der Waals surface area contributed by atoms with Crippen molar-refractivity contribution in [2.24, 2.45) is 4.99 Å². The average Bonchev–Trinajstić information content (AvgIpc) is 2.68. The van der Waals surface area contributed by atoms with Gasteiger partial charge in [-0.2, -0.15) is 4.99 Å². The monoisotopic (exact) mass is 244 g/mol. The predicted octanol–water partition coefficient (Wildman–Crippen LogP) is 2.17. The third-order valence-corrected chi connectivity index (χ3v) is 3.42. The van der Waals surface area contributed by atoms with Gasteiger partial charge in [-0.25, -0.2) is 0 Å². The molecule has 0 radical (unpaired) electrons. The Morgan fingerprint density at radius 1 is 1.53 bits per heavy atom. The van der Waals surface area contributed by atoms with Crippen LogP contribution in [0.1, 0.15) is 13.3 Å². The van der Waals surface area contributed by atoms with Gasteiger partial charge in [-0.1, -0.05) is 36.3 Å². The minimum atomic E-state index is -0.123. The summed E-state index contributed by atoms with van der Waals surface area (Å²) in [6.07, 6.45) is 5.76. The molecular formula is C13H12N2OS. The van der Waals surface area contributed by atoms with E-state index in [0.717, 1.165) is 10.2 Å². The lowest BCUT2D eigenvalue weighted by molar-refractivity contribution is -0.117. The molecule has 17 heavy (non-hydrogen) atoms. The van der Waals surface area contributed by atoms with Crippen LogP contribution in [0.3, 0.4) is 0 Å². The maximum atomic E-state index is 11.4. The van der Waals surface area contributed by atoms with Crippen LogP contribution in [0.15, 0.2) is 29.3 Å². The van der Waals surface area contributed by atoms with E-state index < -0.39 is 0 Å². The number of para-hydroxylation sites is 1. The molecule has 0 spiro atoms. The molecule has 1 heterocycles. The van der Waals surface area contributed by atoms with Crippen molar-refractivity contribution < 1.29 is 4.79 Å². The summed E-state index contributed by atoms with van der Waals surface area (Å²) in [5, 5.41) is 0. The first kappa shape index (κ1) is 11.6. The Balaban J connectivity index is 2.70. The van der Waals surface area contributed by atoms with E-state index in [-0.39, 0.29) is 5.91 Å². The molecule has 0 aliphatic carbocycles. The fourth-order valence-electron chi connectivity index (χ4n) is 1.54. The Morgan fingerprint density at radius 3 is 3.00 bits per heavy atom. The molecule has 0 aliphatic rings. The minimum absolute atomic E-state index is 0.123. The maximum Gasteiger partial charge on any atom is 0.248 e. The first-order valence-electron chi connectivity index (χ1n) is 5.35. The molecule has 1 aromatic carbocycles. The molecule has 0 fully saturated rings. The Morgan fingerprint density at radius 2 is 2.29 bits per heavy atom. The third-order valence-electron chi connectivity index (χ3n) is 2.36. The number of hydrogen-bond donors (Lipinski definition) is 0. The summed E-state index contributed by atoms with van der Waals surface area (Å²) in [7, 11) is 0. The largest absolute Gasteiger partial charge is 0.305 e. The third kappa shape index (κ3) is 2.29. The number of nitrogens with zero attached hydrogens (tertiary/aromatic N) is 2. The number of fused-ring (bicyclic) bond motifs is 1. The lowest BCUT2D eigenvalue weighted by Crippen LogP contribution is -2.16. The Labute approximate surface area is 103 Å². The number of benzene rings is 1. The zero-order valence-electron chi connectivity index (χ0n) is 9.51. The molecule has 2 rings (SSSR count). The summed E-state index contributed by atoms with van der Waals surface area (Å²) in [6.45, 7) is 2.23. The molecule has 3 nitrogen and oxygen atoms in total. The van der Waals surface area contributed by atoms with E-state index in [4.69, 9.17) is 6.42 Å². The van der Waals surface area contributed by atoms with Crippen molar-refractivity contribution in [2.75, 3.05) is 0 Å². The van der Waals surface area contributed by atoms with Gasteiger partial charge < -0.3 is 4.57 Å². The van der Waals surface area contributed by atoms with E-state index in [2.05, 4.69) is 10.9 Å². The fraction of sp³-hybridized carbons (Fsp3) is 0.231. The van der Waals surface area contributed by atoms with Gasteiger partial charge in [-0.15, -0.1) is 6.42 Å². The first-order chi connectivity index (χ1) is 8.26. The average molecular weight is 244 g/mol. The van der Waals surface area contributed by atoms with Crippen LogP contribution in [-0.4, -0.2) is 10.5 Å². The van der Waals surface area contributed by atoms with Crippen molar-refractivity contribution in [1.29, 1.82) is 0 Å². The van der Waals surface area contributed by atoms with Gasteiger partial charge in [0.2, 0.25) is 5.91 Å². The summed E-state index contributed by atoms with van der Waals surface area (Å²) in [5.74, 6) is 2.47. The van der Waals surface area contributed by atoms with Crippen molar-refractivity contribution in [2.45, 2.75) is 19.9 Å². The van der Waals surface area contributed by atoms with Gasteiger partial charge >= 0.3 is 0 Å². The van der Waals surface area contributed by atoms with Crippen molar-refractivity contribution in [3.63, 3.8) is 0 Å². The highest BCUT2D eigenvalue weighted by atomic mass is 32.1.